The Balaban J connectivity index is 1.80. The van der Waals surface area contributed by atoms with Crippen LogP contribution in [0.4, 0.5) is 0 Å². The SMILES string of the molecule is CC1Cc2cc(O)cc(O)c2[C@H]2CC[C@]3(C)[C@H](O)CC[C@H]3[C@H]12. The van der Waals surface area contributed by atoms with Crippen molar-refractivity contribution in [3.05, 3.63) is 23.3 Å². The van der Waals surface area contributed by atoms with Gasteiger partial charge in [0, 0.05) is 11.6 Å². The molecule has 0 spiro atoms. The molecule has 0 aromatic heterocycles. The average Bonchev–Trinajstić information content (AvgIpc) is 2.74. The Labute approximate surface area is 132 Å². The largest absolute Gasteiger partial charge is 0.508 e. The molecule has 3 heteroatoms. The maximum Gasteiger partial charge on any atom is 0.123 e. The van der Waals surface area contributed by atoms with Crippen LogP contribution in [0.1, 0.15) is 56.6 Å². The molecule has 0 radical (unpaired) electrons. The van der Waals surface area contributed by atoms with Crippen molar-refractivity contribution in [1.29, 1.82) is 0 Å². The topological polar surface area (TPSA) is 60.7 Å². The van der Waals surface area contributed by atoms with Gasteiger partial charge in [0.2, 0.25) is 0 Å². The minimum absolute atomic E-state index is 0.0550. The standard InChI is InChI=1S/C19H26O3/c1-10-7-11-8-12(20)9-15(21)18(11)13-5-6-19(2)14(17(10)13)3-4-16(19)22/h8-10,13-14,16-17,20-22H,3-7H2,1-2H3/t10?,13-,14-,16+,17+,19-/m0/s1. The number of rotatable bonds is 0. The highest BCUT2D eigenvalue weighted by atomic mass is 16.3. The van der Waals surface area contributed by atoms with Crippen LogP contribution in [0.2, 0.25) is 0 Å². The monoisotopic (exact) mass is 302 g/mol. The quantitative estimate of drug-likeness (QED) is 0.686. The maximum atomic E-state index is 10.5. The van der Waals surface area contributed by atoms with Crippen LogP contribution in [0.15, 0.2) is 12.1 Å². The number of phenolic OH excluding ortho intramolecular Hbond substituents is 2. The molecule has 3 aliphatic rings. The van der Waals surface area contributed by atoms with Crippen molar-refractivity contribution in [2.45, 2.75) is 58.0 Å². The molecule has 0 bridgehead atoms. The average molecular weight is 302 g/mol. The second-order valence-electron chi connectivity index (χ2n) is 8.15. The highest BCUT2D eigenvalue weighted by molar-refractivity contribution is 5.49. The minimum Gasteiger partial charge on any atom is -0.508 e. The first kappa shape index (κ1) is 14.4. The molecule has 0 saturated heterocycles. The van der Waals surface area contributed by atoms with Gasteiger partial charge in [-0.15, -0.1) is 0 Å². The maximum absolute atomic E-state index is 10.5. The summed E-state index contributed by atoms with van der Waals surface area (Å²) < 4.78 is 0. The Morgan fingerprint density at radius 2 is 1.91 bits per heavy atom. The summed E-state index contributed by atoms with van der Waals surface area (Å²) in [7, 11) is 0. The van der Waals surface area contributed by atoms with Gasteiger partial charge >= 0.3 is 0 Å². The van der Waals surface area contributed by atoms with Crippen molar-refractivity contribution in [3.8, 4) is 11.5 Å². The van der Waals surface area contributed by atoms with E-state index in [0.717, 1.165) is 43.2 Å². The van der Waals surface area contributed by atoms with Crippen LogP contribution >= 0.6 is 0 Å². The first-order valence-corrected chi connectivity index (χ1v) is 8.64. The number of benzene rings is 1. The van der Waals surface area contributed by atoms with E-state index in [1.807, 2.05) is 6.07 Å². The van der Waals surface area contributed by atoms with Gasteiger partial charge in [-0.25, -0.2) is 0 Å². The zero-order valence-electron chi connectivity index (χ0n) is 13.4. The number of fused-ring (bicyclic) bond motifs is 5. The van der Waals surface area contributed by atoms with Crippen molar-refractivity contribution < 1.29 is 15.3 Å². The number of hydrogen-bond acceptors (Lipinski definition) is 3. The molecule has 3 nitrogen and oxygen atoms in total. The van der Waals surface area contributed by atoms with Gasteiger partial charge in [-0.2, -0.15) is 0 Å². The van der Waals surface area contributed by atoms with Gasteiger partial charge in [-0.1, -0.05) is 13.8 Å². The van der Waals surface area contributed by atoms with Gasteiger partial charge in [-0.3, -0.25) is 0 Å². The van der Waals surface area contributed by atoms with Crippen molar-refractivity contribution >= 4 is 0 Å². The predicted octanol–water partition coefficient (Wildman–Crippen LogP) is 3.56. The van der Waals surface area contributed by atoms with E-state index in [-0.39, 0.29) is 23.0 Å². The number of aromatic hydroxyl groups is 2. The summed E-state index contributed by atoms with van der Waals surface area (Å²) in [6, 6.07) is 3.32. The van der Waals surface area contributed by atoms with E-state index in [9.17, 15) is 15.3 Å². The van der Waals surface area contributed by atoms with E-state index < -0.39 is 0 Å². The van der Waals surface area contributed by atoms with Crippen LogP contribution in [-0.2, 0) is 6.42 Å². The molecule has 6 atom stereocenters. The number of aliphatic hydroxyl groups is 1. The van der Waals surface area contributed by atoms with E-state index in [2.05, 4.69) is 13.8 Å². The normalized spacial score (nSPS) is 43.3. The second kappa shape index (κ2) is 4.64. The number of phenols is 2. The van der Waals surface area contributed by atoms with Crippen molar-refractivity contribution in [1.82, 2.24) is 0 Å². The zero-order valence-corrected chi connectivity index (χ0v) is 13.4. The molecule has 1 unspecified atom stereocenters. The molecule has 120 valence electrons. The third kappa shape index (κ3) is 1.78. The summed E-state index contributed by atoms with van der Waals surface area (Å²) in [5.41, 5.74) is 2.25. The van der Waals surface area contributed by atoms with Gasteiger partial charge in [0.15, 0.2) is 0 Å². The molecule has 0 aliphatic heterocycles. The number of hydrogen-bond donors (Lipinski definition) is 3. The van der Waals surface area contributed by atoms with Gasteiger partial charge in [0.25, 0.3) is 0 Å². The van der Waals surface area contributed by atoms with E-state index in [4.69, 9.17) is 0 Å². The molecule has 2 fully saturated rings. The van der Waals surface area contributed by atoms with E-state index in [1.54, 1.807) is 0 Å². The summed E-state index contributed by atoms with van der Waals surface area (Å²) in [5.74, 6) is 2.44. The van der Waals surface area contributed by atoms with Gasteiger partial charge in [-0.05, 0) is 72.8 Å². The third-order valence-electron chi connectivity index (χ3n) is 7.08. The van der Waals surface area contributed by atoms with Crippen LogP contribution < -0.4 is 0 Å². The summed E-state index contributed by atoms with van der Waals surface area (Å²) in [5, 5.41) is 30.7. The molecule has 0 heterocycles. The Morgan fingerprint density at radius 1 is 1.14 bits per heavy atom. The molecular weight excluding hydrogens is 276 g/mol. The zero-order chi connectivity index (χ0) is 15.6. The molecule has 2 saturated carbocycles. The van der Waals surface area contributed by atoms with Crippen LogP contribution in [0.5, 0.6) is 11.5 Å². The molecular formula is C19H26O3. The molecule has 3 aliphatic carbocycles. The smallest absolute Gasteiger partial charge is 0.123 e. The predicted molar refractivity (Wildman–Crippen MR) is 84.9 cm³/mol. The van der Waals surface area contributed by atoms with Gasteiger partial charge in [0.1, 0.15) is 11.5 Å². The van der Waals surface area contributed by atoms with Crippen LogP contribution in [-0.4, -0.2) is 21.4 Å². The highest BCUT2D eigenvalue weighted by Crippen LogP contribution is 2.63. The lowest BCUT2D eigenvalue weighted by molar-refractivity contribution is -0.0359. The lowest BCUT2D eigenvalue weighted by Gasteiger charge is -2.52. The molecule has 4 rings (SSSR count). The fourth-order valence-corrected chi connectivity index (χ4v) is 6.06. The summed E-state index contributed by atoms with van der Waals surface area (Å²) in [6.07, 6.45) is 4.85. The summed E-state index contributed by atoms with van der Waals surface area (Å²) >= 11 is 0. The van der Waals surface area contributed by atoms with Gasteiger partial charge in [0.05, 0.1) is 6.10 Å². The Morgan fingerprint density at radius 3 is 2.68 bits per heavy atom. The summed E-state index contributed by atoms with van der Waals surface area (Å²) in [6.45, 7) is 4.57. The minimum atomic E-state index is -0.166. The fourth-order valence-electron chi connectivity index (χ4n) is 6.06. The van der Waals surface area contributed by atoms with E-state index >= 15 is 0 Å². The fraction of sp³-hybridized carbons (Fsp3) is 0.684. The number of aliphatic hydroxyl groups excluding tert-OH is 1. The van der Waals surface area contributed by atoms with Crippen LogP contribution in [0, 0.1) is 23.2 Å². The first-order chi connectivity index (χ1) is 10.4. The van der Waals surface area contributed by atoms with Crippen LogP contribution in [0.25, 0.3) is 0 Å². The molecule has 0 amide bonds. The van der Waals surface area contributed by atoms with Crippen LogP contribution in [0.3, 0.4) is 0 Å². The molecule has 3 N–H and O–H groups in total. The third-order valence-corrected chi connectivity index (χ3v) is 7.08. The van der Waals surface area contributed by atoms with E-state index in [1.165, 1.54) is 6.07 Å². The summed E-state index contributed by atoms with van der Waals surface area (Å²) in [4.78, 5) is 0. The Bertz CT molecular complexity index is 611. The van der Waals surface area contributed by atoms with Crippen molar-refractivity contribution in [2.75, 3.05) is 0 Å². The van der Waals surface area contributed by atoms with Crippen molar-refractivity contribution in [3.63, 3.8) is 0 Å². The Kier molecular flexibility index (Phi) is 3.03. The second-order valence-corrected chi connectivity index (χ2v) is 8.15. The molecule has 1 aromatic rings. The van der Waals surface area contributed by atoms with Crippen molar-refractivity contribution in [2.24, 2.45) is 23.2 Å². The van der Waals surface area contributed by atoms with E-state index in [0.29, 0.717) is 23.7 Å². The molecule has 22 heavy (non-hydrogen) atoms. The lowest BCUT2D eigenvalue weighted by Crippen LogP contribution is -2.46. The Hall–Kier alpha value is -1.22. The first-order valence-electron chi connectivity index (χ1n) is 8.64. The van der Waals surface area contributed by atoms with Gasteiger partial charge < -0.3 is 15.3 Å². The highest BCUT2D eigenvalue weighted by Gasteiger charge is 2.56. The lowest BCUT2D eigenvalue weighted by atomic mass is 9.52. The molecule has 1 aromatic carbocycles.